The Balaban J connectivity index is 2.05. The number of carbonyl (C=O) groups excluding carboxylic acids is 1. The van der Waals surface area contributed by atoms with Crippen LogP contribution in [-0.2, 0) is 4.74 Å². The van der Waals surface area contributed by atoms with Crippen LogP contribution in [-0.4, -0.2) is 32.1 Å². The highest BCUT2D eigenvalue weighted by Gasteiger charge is 2.33. The Kier molecular flexibility index (Phi) is 4.50. The molecule has 0 unspecified atom stereocenters. The molecule has 1 aliphatic rings. The number of ether oxygens (including phenoxy) is 1. The Morgan fingerprint density at radius 1 is 1.28 bits per heavy atom. The first-order valence-electron chi connectivity index (χ1n) is 6.55. The highest BCUT2D eigenvalue weighted by molar-refractivity contribution is 5.97. The second kappa shape index (κ2) is 6.12. The first kappa shape index (κ1) is 13.2. The van der Waals surface area contributed by atoms with Gasteiger partial charge in [-0.15, -0.1) is 0 Å². The highest BCUT2D eigenvalue weighted by atomic mass is 16.5. The van der Waals surface area contributed by atoms with Gasteiger partial charge < -0.3 is 10.1 Å². The standard InChI is InChI=1S/C15H21NO2/c1-16-13-9-8-12(10-14(13)18-2)15(17)11-6-4-3-5-7-11/h3-7,12-14,16H,8-10H2,1-2H3/t12-,13+,14+/m0/s1. The Morgan fingerprint density at radius 2 is 2.00 bits per heavy atom. The van der Waals surface area contributed by atoms with E-state index in [0.717, 1.165) is 24.8 Å². The van der Waals surface area contributed by atoms with Gasteiger partial charge in [0.05, 0.1) is 6.10 Å². The molecule has 0 aliphatic heterocycles. The number of benzene rings is 1. The summed E-state index contributed by atoms with van der Waals surface area (Å²) >= 11 is 0. The lowest BCUT2D eigenvalue weighted by Crippen LogP contribution is -2.44. The van der Waals surface area contributed by atoms with Gasteiger partial charge in [0.15, 0.2) is 5.78 Å². The van der Waals surface area contributed by atoms with Gasteiger partial charge in [-0.25, -0.2) is 0 Å². The van der Waals surface area contributed by atoms with Gasteiger partial charge in [-0.2, -0.15) is 0 Å². The van der Waals surface area contributed by atoms with Crippen LogP contribution in [0.5, 0.6) is 0 Å². The molecule has 1 aliphatic carbocycles. The minimum absolute atomic E-state index is 0.0990. The maximum absolute atomic E-state index is 12.4. The molecule has 18 heavy (non-hydrogen) atoms. The van der Waals surface area contributed by atoms with Gasteiger partial charge in [-0.3, -0.25) is 4.79 Å². The molecule has 1 aromatic carbocycles. The molecule has 0 bridgehead atoms. The highest BCUT2D eigenvalue weighted by Crippen LogP contribution is 2.29. The van der Waals surface area contributed by atoms with E-state index in [1.807, 2.05) is 37.4 Å². The Morgan fingerprint density at radius 3 is 2.61 bits per heavy atom. The topological polar surface area (TPSA) is 38.3 Å². The van der Waals surface area contributed by atoms with Crippen molar-refractivity contribution in [2.45, 2.75) is 31.4 Å². The average molecular weight is 247 g/mol. The molecule has 2 rings (SSSR count). The number of ketones is 1. The van der Waals surface area contributed by atoms with E-state index in [1.165, 1.54) is 0 Å². The van der Waals surface area contributed by atoms with Crippen LogP contribution in [0, 0.1) is 5.92 Å². The van der Waals surface area contributed by atoms with E-state index in [-0.39, 0.29) is 17.8 Å². The number of nitrogens with one attached hydrogen (secondary N) is 1. The van der Waals surface area contributed by atoms with Crippen LogP contribution in [0.25, 0.3) is 0 Å². The van der Waals surface area contributed by atoms with Crippen molar-refractivity contribution in [2.24, 2.45) is 5.92 Å². The van der Waals surface area contributed by atoms with E-state index in [2.05, 4.69) is 5.32 Å². The lowest BCUT2D eigenvalue weighted by molar-refractivity contribution is 0.0249. The number of rotatable bonds is 4. The molecule has 0 spiro atoms. The van der Waals surface area contributed by atoms with E-state index in [1.54, 1.807) is 7.11 Å². The van der Waals surface area contributed by atoms with Crippen molar-refractivity contribution in [1.29, 1.82) is 0 Å². The molecule has 1 fully saturated rings. The third kappa shape index (κ3) is 2.79. The average Bonchev–Trinajstić information content (AvgIpc) is 2.46. The predicted octanol–water partition coefficient (Wildman–Crippen LogP) is 2.27. The second-order valence-electron chi connectivity index (χ2n) is 4.91. The minimum Gasteiger partial charge on any atom is -0.380 e. The maximum atomic E-state index is 12.4. The normalized spacial score (nSPS) is 28.0. The zero-order chi connectivity index (χ0) is 13.0. The van der Waals surface area contributed by atoms with Crippen LogP contribution >= 0.6 is 0 Å². The fourth-order valence-electron chi connectivity index (χ4n) is 2.80. The van der Waals surface area contributed by atoms with E-state index in [0.29, 0.717) is 6.04 Å². The predicted molar refractivity (Wildman–Crippen MR) is 71.8 cm³/mol. The molecule has 3 heteroatoms. The van der Waals surface area contributed by atoms with Crippen LogP contribution < -0.4 is 5.32 Å². The number of likely N-dealkylation sites (N-methyl/N-ethyl adjacent to an activating group) is 1. The van der Waals surface area contributed by atoms with Crippen molar-refractivity contribution in [2.75, 3.05) is 14.2 Å². The molecule has 3 nitrogen and oxygen atoms in total. The Hall–Kier alpha value is -1.19. The molecule has 0 amide bonds. The van der Waals surface area contributed by atoms with Gasteiger partial charge >= 0.3 is 0 Å². The number of Topliss-reactive ketones (excluding diaryl/α,β-unsaturated/α-hetero) is 1. The maximum Gasteiger partial charge on any atom is 0.166 e. The lowest BCUT2D eigenvalue weighted by Gasteiger charge is -2.34. The summed E-state index contributed by atoms with van der Waals surface area (Å²) in [4.78, 5) is 12.4. The zero-order valence-electron chi connectivity index (χ0n) is 11.1. The van der Waals surface area contributed by atoms with E-state index in [9.17, 15) is 4.79 Å². The van der Waals surface area contributed by atoms with Crippen molar-refractivity contribution >= 4 is 5.78 Å². The molecule has 0 saturated heterocycles. The number of methoxy groups -OCH3 is 1. The van der Waals surface area contributed by atoms with Gasteiger partial charge in [-0.05, 0) is 26.3 Å². The molecule has 1 aromatic rings. The van der Waals surface area contributed by atoms with Gasteiger partial charge in [-0.1, -0.05) is 30.3 Å². The largest absolute Gasteiger partial charge is 0.380 e. The van der Waals surface area contributed by atoms with Crippen molar-refractivity contribution in [3.05, 3.63) is 35.9 Å². The van der Waals surface area contributed by atoms with Gasteiger partial charge in [0.25, 0.3) is 0 Å². The van der Waals surface area contributed by atoms with E-state index >= 15 is 0 Å². The molecule has 0 heterocycles. The number of hydrogen-bond donors (Lipinski definition) is 1. The van der Waals surface area contributed by atoms with E-state index < -0.39 is 0 Å². The molecular weight excluding hydrogens is 226 g/mol. The summed E-state index contributed by atoms with van der Waals surface area (Å²) < 4.78 is 5.50. The van der Waals surface area contributed by atoms with Crippen molar-refractivity contribution in [3.63, 3.8) is 0 Å². The molecule has 0 aromatic heterocycles. The summed E-state index contributed by atoms with van der Waals surface area (Å²) in [6.07, 6.45) is 2.90. The summed E-state index contributed by atoms with van der Waals surface area (Å²) in [7, 11) is 3.68. The van der Waals surface area contributed by atoms with Crippen LogP contribution in [0.15, 0.2) is 30.3 Å². The Bertz CT molecular complexity index is 391. The fraction of sp³-hybridized carbons (Fsp3) is 0.533. The van der Waals surface area contributed by atoms with Crippen molar-refractivity contribution in [1.82, 2.24) is 5.32 Å². The summed E-state index contributed by atoms with van der Waals surface area (Å²) in [5, 5.41) is 3.27. The van der Waals surface area contributed by atoms with Crippen LogP contribution in [0.2, 0.25) is 0 Å². The number of hydrogen-bond acceptors (Lipinski definition) is 3. The Labute approximate surface area is 109 Å². The summed E-state index contributed by atoms with van der Waals surface area (Å²) in [5.41, 5.74) is 0.820. The van der Waals surface area contributed by atoms with Gasteiger partial charge in [0.1, 0.15) is 0 Å². The lowest BCUT2D eigenvalue weighted by atomic mass is 9.80. The van der Waals surface area contributed by atoms with Crippen LogP contribution in [0.4, 0.5) is 0 Å². The first-order chi connectivity index (χ1) is 8.76. The molecular formula is C15H21NO2. The summed E-state index contributed by atoms with van der Waals surface area (Å²) in [6, 6.07) is 9.94. The van der Waals surface area contributed by atoms with Crippen LogP contribution in [0.1, 0.15) is 29.6 Å². The molecule has 1 saturated carbocycles. The van der Waals surface area contributed by atoms with Gasteiger partial charge in [0.2, 0.25) is 0 Å². The third-order valence-electron chi connectivity index (χ3n) is 3.89. The molecule has 1 N–H and O–H groups in total. The van der Waals surface area contributed by atoms with E-state index in [4.69, 9.17) is 4.74 Å². The van der Waals surface area contributed by atoms with Crippen molar-refractivity contribution < 1.29 is 9.53 Å². The second-order valence-corrected chi connectivity index (χ2v) is 4.91. The smallest absolute Gasteiger partial charge is 0.166 e. The molecule has 98 valence electrons. The monoisotopic (exact) mass is 247 g/mol. The minimum atomic E-state index is 0.0990. The zero-order valence-corrected chi connectivity index (χ0v) is 11.1. The fourth-order valence-corrected chi connectivity index (χ4v) is 2.80. The summed E-state index contributed by atoms with van der Waals surface area (Å²) in [5.74, 6) is 0.356. The summed E-state index contributed by atoms with van der Waals surface area (Å²) in [6.45, 7) is 0. The third-order valence-corrected chi connectivity index (χ3v) is 3.89. The molecule has 0 radical (unpaired) electrons. The molecule has 3 atom stereocenters. The van der Waals surface area contributed by atoms with Crippen molar-refractivity contribution in [3.8, 4) is 0 Å². The quantitative estimate of drug-likeness (QED) is 0.829. The van der Waals surface area contributed by atoms with Crippen LogP contribution in [0.3, 0.4) is 0 Å². The number of carbonyl (C=O) groups is 1. The van der Waals surface area contributed by atoms with Gasteiger partial charge in [0, 0.05) is 24.6 Å². The first-order valence-corrected chi connectivity index (χ1v) is 6.55. The SMILES string of the molecule is CN[C@@H]1CC[C@H](C(=O)c2ccccc2)C[C@H]1OC.